The number of allylic oxidation sites excluding steroid dienone is 5. The minimum Gasteiger partial charge on any atom is -0.399 e. The number of hydrogen-bond donors (Lipinski definition) is 1. The molecule has 0 radical (unpaired) electrons. The van der Waals surface area contributed by atoms with Crippen LogP contribution in [0.1, 0.15) is 31.9 Å². The van der Waals surface area contributed by atoms with Gasteiger partial charge in [0.15, 0.2) is 0 Å². The summed E-state index contributed by atoms with van der Waals surface area (Å²) in [5.74, 6) is 0. The highest BCUT2D eigenvalue weighted by atomic mass is 35.5. The molecule has 98 valence electrons. The summed E-state index contributed by atoms with van der Waals surface area (Å²) in [5.41, 5.74) is 10.0. The molecule has 0 saturated heterocycles. The van der Waals surface area contributed by atoms with Crippen molar-refractivity contribution < 1.29 is 0 Å². The van der Waals surface area contributed by atoms with Crippen molar-refractivity contribution in [3.8, 4) is 6.07 Å². The lowest BCUT2D eigenvalue weighted by Gasteiger charge is -2.10. The van der Waals surface area contributed by atoms with Crippen molar-refractivity contribution in [2.24, 2.45) is 5.73 Å². The standard InChI is InChI=1S/C16H17ClN2/c1-4-14(19)9-15(17)16(11(2)3)13-7-5-12(10-18)6-8-13/h4-9H,19H2,1-3H3/b14-4+,15-9+. The van der Waals surface area contributed by atoms with E-state index >= 15 is 0 Å². The smallest absolute Gasteiger partial charge is 0.0991 e. The summed E-state index contributed by atoms with van der Waals surface area (Å²) in [5, 5.41) is 9.41. The Bertz CT molecular complexity index is 580. The Kier molecular flexibility index (Phi) is 5.41. The highest BCUT2D eigenvalue weighted by Gasteiger charge is 2.08. The second-order valence-electron chi connectivity index (χ2n) is 4.35. The van der Waals surface area contributed by atoms with Gasteiger partial charge in [0.1, 0.15) is 0 Å². The highest BCUT2D eigenvalue weighted by molar-refractivity contribution is 6.37. The van der Waals surface area contributed by atoms with E-state index in [0.29, 0.717) is 16.3 Å². The molecule has 2 N–H and O–H groups in total. The second-order valence-corrected chi connectivity index (χ2v) is 4.75. The molecule has 0 bridgehead atoms. The SMILES string of the molecule is C/C=C(N)\C=C(\Cl)C(=C(C)C)c1ccc(C#N)cc1. The van der Waals surface area contributed by atoms with Gasteiger partial charge in [0.25, 0.3) is 0 Å². The average Bonchev–Trinajstić information content (AvgIpc) is 2.39. The van der Waals surface area contributed by atoms with Crippen LogP contribution in [-0.4, -0.2) is 0 Å². The van der Waals surface area contributed by atoms with Gasteiger partial charge in [-0.3, -0.25) is 0 Å². The van der Waals surface area contributed by atoms with Crippen LogP contribution in [0.5, 0.6) is 0 Å². The van der Waals surface area contributed by atoms with Crippen LogP contribution in [0.25, 0.3) is 5.57 Å². The Balaban J connectivity index is 3.27. The molecule has 3 heteroatoms. The number of rotatable bonds is 3. The van der Waals surface area contributed by atoms with Crippen LogP contribution in [0, 0.1) is 11.3 Å². The molecule has 1 aromatic rings. The maximum Gasteiger partial charge on any atom is 0.0991 e. The molecular weight excluding hydrogens is 256 g/mol. The topological polar surface area (TPSA) is 49.8 Å². The Labute approximate surface area is 119 Å². The van der Waals surface area contributed by atoms with E-state index in [1.165, 1.54) is 0 Å². The zero-order valence-electron chi connectivity index (χ0n) is 11.4. The van der Waals surface area contributed by atoms with Crippen molar-refractivity contribution in [3.63, 3.8) is 0 Å². The van der Waals surface area contributed by atoms with Crippen molar-refractivity contribution in [3.05, 3.63) is 63.8 Å². The van der Waals surface area contributed by atoms with Crippen LogP contribution in [-0.2, 0) is 0 Å². The molecule has 0 aliphatic rings. The van der Waals surface area contributed by atoms with Gasteiger partial charge in [-0.15, -0.1) is 0 Å². The zero-order chi connectivity index (χ0) is 14.4. The van der Waals surface area contributed by atoms with Crippen LogP contribution in [0.3, 0.4) is 0 Å². The number of nitrogens with two attached hydrogens (primary N) is 1. The summed E-state index contributed by atoms with van der Waals surface area (Å²) in [6.45, 7) is 5.85. The summed E-state index contributed by atoms with van der Waals surface area (Å²) in [6.07, 6.45) is 3.53. The molecule has 19 heavy (non-hydrogen) atoms. The minimum atomic E-state index is 0.598. The van der Waals surface area contributed by atoms with E-state index in [1.54, 1.807) is 24.3 Å². The molecule has 0 aliphatic heterocycles. The van der Waals surface area contributed by atoms with E-state index in [-0.39, 0.29) is 0 Å². The Morgan fingerprint density at radius 1 is 1.26 bits per heavy atom. The predicted octanol–water partition coefficient (Wildman–Crippen LogP) is 4.34. The van der Waals surface area contributed by atoms with Gasteiger partial charge in [-0.2, -0.15) is 5.26 Å². The fourth-order valence-corrected chi connectivity index (χ4v) is 2.10. The van der Waals surface area contributed by atoms with Crippen molar-refractivity contribution in [1.29, 1.82) is 5.26 Å². The summed E-state index contributed by atoms with van der Waals surface area (Å²) in [6, 6.07) is 9.44. The van der Waals surface area contributed by atoms with Gasteiger partial charge in [0, 0.05) is 5.70 Å². The average molecular weight is 273 g/mol. The van der Waals surface area contributed by atoms with E-state index in [9.17, 15) is 0 Å². The predicted molar refractivity (Wildman–Crippen MR) is 81.3 cm³/mol. The molecule has 1 rings (SSSR count). The molecule has 0 heterocycles. The molecule has 0 fully saturated rings. The Morgan fingerprint density at radius 2 is 1.84 bits per heavy atom. The maximum atomic E-state index is 8.81. The van der Waals surface area contributed by atoms with Crippen LogP contribution >= 0.6 is 11.6 Å². The normalized spacial score (nSPS) is 11.9. The first-order valence-electron chi connectivity index (χ1n) is 5.97. The first-order chi connectivity index (χ1) is 8.99. The first kappa shape index (κ1) is 15.1. The number of nitriles is 1. The van der Waals surface area contributed by atoms with Gasteiger partial charge in [-0.25, -0.2) is 0 Å². The molecular formula is C16H17ClN2. The lowest BCUT2D eigenvalue weighted by atomic mass is 9.99. The van der Waals surface area contributed by atoms with Gasteiger partial charge in [-0.1, -0.05) is 35.4 Å². The minimum absolute atomic E-state index is 0.598. The van der Waals surface area contributed by atoms with Gasteiger partial charge < -0.3 is 5.73 Å². The number of halogens is 1. The molecule has 0 aliphatic carbocycles. The van der Waals surface area contributed by atoms with Gasteiger partial charge >= 0.3 is 0 Å². The Hall–Kier alpha value is -1.98. The number of benzene rings is 1. The molecule has 1 aromatic carbocycles. The van der Waals surface area contributed by atoms with Crippen LogP contribution in [0.15, 0.2) is 52.7 Å². The monoisotopic (exact) mass is 272 g/mol. The van der Waals surface area contributed by atoms with Crippen LogP contribution < -0.4 is 5.73 Å². The third-order valence-corrected chi connectivity index (χ3v) is 2.97. The fraction of sp³-hybridized carbons (Fsp3) is 0.188. The van der Waals surface area contributed by atoms with Gasteiger partial charge in [-0.05, 0) is 50.1 Å². The van der Waals surface area contributed by atoms with Crippen LogP contribution in [0.4, 0.5) is 0 Å². The summed E-state index contributed by atoms with van der Waals surface area (Å²) < 4.78 is 0. The second kappa shape index (κ2) is 6.82. The van der Waals surface area contributed by atoms with Gasteiger partial charge in [0.05, 0.1) is 16.7 Å². The number of nitrogens with zero attached hydrogens (tertiary/aromatic N) is 1. The van der Waals surface area contributed by atoms with Crippen molar-refractivity contribution >= 4 is 17.2 Å². The fourth-order valence-electron chi connectivity index (χ4n) is 1.68. The molecule has 2 nitrogen and oxygen atoms in total. The summed E-state index contributed by atoms with van der Waals surface area (Å²) in [7, 11) is 0. The number of hydrogen-bond acceptors (Lipinski definition) is 2. The molecule has 0 aromatic heterocycles. The lowest BCUT2D eigenvalue weighted by molar-refractivity contribution is 1.36. The molecule has 0 amide bonds. The Morgan fingerprint density at radius 3 is 2.26 bits per heavy atom. The first-order valence-corrected chi connectivity index (χ1v) is 6.34. The largest absolute Gasteiger partial charge is 0.399 e. The molecule has 0 saturated carbocycles. The lowest BCUT2D eigenvalue weighted by Crippen LogP contribution is -1.95. The molecule has 0 unspecified atom stereocenters. The maximum absolute atomic E-state index is 8.81. The summed E-state index contributed by atoms with van der Waals surface area (Å²) in [4.78, 5) is 0. The molecule has 0 atom stereocenters. The summed E-state index contributed by atoms with van der Waals surface area (Å²) >= 11 is 6.34. The van der Waals surface area contributed by atoms with Crippen LogP contribution in [0.2, 0.25) is 0 Å². The van der Waals surface area contributed by atoms with Crippen molar-refractivity contribution in [1.82, 2.24) is 0 Å². The van der Waals surface area contributed by atoms with E-state index < -0.39 is 0 Å². The van der Waals surface area contributed by atoms with E-state index in [4.69, 9.17) is 22.6 Å². The third kappa shape index (κ3) is 4.01. The van der Waals surface area contributed by atoms with E-state index in [2.05, 4.69) is 6.07 Å². The highest BCUT2D eigenvalue weighted by Crippen LogP contribution is 2.30. The van der Waals surface area contributed by atoms with E-state index in [1.807, 2.05) is 32.9 Å². The zero-order valence-corrected chi connectivity index (χ0v) is 12.1. The van der Waals surface area contributed by atoms with Crippen molar-refractivity contribution in [2.75, 3.05) is 0 Å². The van der Waals surface area contributed by atoms with Gasteiger partial charge in [0.2, 0.25) is 0 Å². The quantitative estimate of drug-likeness (QED) is 0.832. The van der Waals surface area contributed by atoms with E-state index in [0.717, 1.165) is 16.7 Å². The van der Waals surface area contributed by atoms with Crippen molar-refractivity contribution in [2.45, 2.75) is 20.8 Å². The molecule has 0 spiro atoms. The third-order valence-electron chi connectivity index (χ3n) is 2.67.